The lowest BCUT2D eigenvalue weighted by molar-refractivity contribution is 0.0696. The van der Waals surface area contributed by atoms with Crippen LogP contribution in [0.3, 0.4) is 0 Å². The molecule has 0 aromatic heterocycles. The number of carboxylic acids is 1. The molecule has 0 atom stereocenters. The Morgan fingerprint density at radius 2 is 2.12 bits per heavy atom. The second-order valence-electron chi connectivity index (χ2n) is 4.74. The van der Waals surface area contributed by atoms with E-state index < -0.39 is 5.97 Å². The maximum absolute atomic E-state index is 10.9. The predicted molar refractivity (Wildman–Crippen MR) is 70.8 cm³/mol. The second-order valence-corrected chi connectivity index (χ2v) is 5.84. The van der Waals surface area contributed by atoms with E-state index in [9.17, 15) is 4.79 Å². The Labute approximate surface area is 106 Å². The van der Waals surface area contributed by atoms with Crippen LogP contribution in [0.2, 0.25) is 0 Å². The predicted octanol–water partition coefficient (Wildman–Crippen LogP) is 3.98. The zero-order chi connectivity index (χ0) is 12.3. The molecule has 0 radical (unpaired) electrons. The van der Waals surface area contributed by atoms with E-state index in [0.717, 1.165) is 11.5 Å². The van der Waals surface area contributed by atoms with Crippen LogP contribution in [0.1, 0.15) is 41.6 Å². The summed E-state index contributed by atoms with van der Waals surface area (Å²) in [6, 6.07) is 5.63. The van der Waals surface area contributed by atoms with Crippen molar-refractivity contribution in [3.8, 4) is 0 Å². The molecule has 1 aromatic rings. The average Bonchev–Trinajstić information content (AvgIpc) is 2.78. The van der Waals surface area contributed by atoms with Crippen LogP contribution in [0.15, 0.2) is 23.1 Å². The number of hydrogen-bond acceptors (Lipinski definition) is 2. The van der Waals surface area contributed by atoms with Gasteiger partial charge in [-0.1, -0.05) is 12.8 Å². The van der Waals surface area contributed by atoms with Crippen molar-refractivity contribution >= 4 is 17.7 Å². The molecule has 0 amide bonds. The molecular formula is C14H18O2S. The smallest absolute Gasteiger partial charge is 0.335 e. The first-order chi connectivity index (χ1) is 8.16. The summed E-state index contributed by atoms with van der Waals surface area (Å²) in [6.07, 6.45) is 5.47. The monoisotopic (exact) mass is 250 g/mol. The molecule has 2 nitrogen and oxygen atoms in total. The summed E-state index contributed by atoms with van der Waals surface area (Å²) in [4.78, 5) is 12.1. The minimum Gasteiger partial charge on any atom is -0.478 e. The highest BCUT2D eigenvalue weighted by molar-refractivity contribution is 7.99. The first-order valence-corrected chi connectivity index (χ1v) is 7.12. The summed E-state index contributed by atoms with van der Waals surface area (Å²) in [7, 11) is 0. The van der Waals surface area contributed by atoms with Gasteiger partial charge in [0.05, 0.1) is 5.56 Å². The van der Waals surface area contributed by atoms with Crippen LogP contribution in [0.5, 0.6) is 0 Å². The van der Waals surface area contributed by atoms with Gasteiger partial charge in [-0.25, -0.2) is 4.79 Å². The molecule has 0 bridgehead atoms. The molecule has 17 heavy (non-hydrogen) atoms. The minimum atomic E-state index is -0.838. The molecule has 1 N–H and O–H groups in total. The number of carbonyl (C=O) groups is 1. The fourth-order valence-electron chi connectivity index (χ4n) is 2.36. The molecule has 2 rings (SSSR count). The second kappa shape index (κ2) is 5.58. The summed E-state index contributed by atoms with van der Waals surface area (Å²) in [5, 5.41) is 8.95. The maximum atomic E-state index is 10.9. The van der Waals surface area contributed by atoms with Gasteiger partial charge in [0.2, 0.25) is 0 Å². The number of benzene rings is 1. The maximum Gasteiger partial charge on any atom is 0.335 e. The van der Waals surface area contributed by atoms with Gasteiger partial charge in [0.25, 0.3) is 0 Å². The van der Waals surface area contributed by atoms with Crippen molar-refractivity contribution in [2.24, 2.45) is 5.92 Å². The highest BCUT2D eigenvalue weighted by Gasteiger charge is 2.15. The molecule has 0 spiro atoms. The third-order valence-electron chi connectivity index (χ3n) is 3.39. The molecule has 0 heterocycles. The van der Waals surface area contributed by atoms with Gasteiger partial charge >= 0.3 is 5.97 Å². The zero-order valence-electron chi connectivity index (χ0n) is 10.1. The van der Waals surface area contributed by atoms with Crippen molar-refractivity contribution in [3.63, 3.8) is 0 Å². The van der Waals surface area contributed by atoms with Crippen molar-refractivity contribution < 1.29 is 9.90 Å². The Balaban J connectivity index is 1.97. The Morgan fingerprint density at radius 1 is 1.41 bits per heavy atom. The molecular weight excluding hydrogens is 232 g/mol. The Bertz CT molecular complexity index is 409. The van der Waals surface area contributed by atoms with Crippen LogP contribution >= 0.6 is 11.8 Å². The largest absolute Gasteiger partial charge is 0.478 e. The standard InChI is InChI=1S/C14H18O2S/c1-10-8-12(6-7-13(10)14(15)16)17-9-11-4-2-3-5-11/h6-8,11H,2-5,9H2,1H3,(H,15,16). The number of aromatic carboxylic acids is 1. The first-order valence-electron chi connectivity index (χ1n) is 6.13. The van der Waals surface area contributed by atoms with E-state index in [0.29, 0.717) is 5.56 Å². The van der Waals surface area contributed by atoms with Crippen LogP contribution < -0.4 is 0 Å². The lowest BCUT2D eigenvalue weighted by Gasteiger charge is -2.09. The van der Waals surface area contributed by atoms with Crippen molar-refractivity contribution in [2.45, 2.75) is 37.5 Å². The third-order valence-corrected chi connectivity index (χ3v) is 4.61. The Morgan fingerprint density at radius 3 is 2.71 bits per heavy atom. The zero-order valence-corrected chi connectivity index (χ0v) is 10.9. The van der Waals surface area contributed by atoms with E-state index in [2.05, 4.69) is 0 Å². The van der Waals surface area contributed by atoms with E-state index in [1.54, 1.807) is 6.07 Å². The van der Waals surface area contributed by atoms with Crippen LogP contribution in [0.4, 0.5) is 0 Å². The summed E-state index contributed by atoms with van der Waals surface area (Å²) < 4.78 is 0. The quantitative estimate of drug-likeness (QED) is 0.821. The first kappa shape index (κ1) is 12.5. The summed E-state index contributed by atoms with van der Waals surface area (Å²) in [6.45, 7) is 1.86. The third kappa shape index (κ3) is 3.25. The summed E-state index contributed by atoms with van der Waals surface area (Å²) in [5.74, 6) is 1.19. The molecule has 0 unspecified atom stereocenters. The van der Waals surface area contributed by atoms with Gasteiger partial charge < -0.3 is 5.11 Å². The van der Waals surface area contributed by atoms with E-state index in [4.69, 9.17) is 5.11 Å². The lowest BCUT2D eigenvalue weighted by Crippen LogP contribution is -2.00. The van der Waals surface area contributed by atoms with Gasteiger partial charge in [0.1, 0.15) is 0 Å². The van der Waals surface area contributed by atoms with Gasteiger partial charge in [-0.15, -0.1) is 11.8 Å². The molecule has 0 saturated heterocycles. The fourth-order valence-corrected chi connectivity index (χ4v) is 3.54. The Hall–Kier alpha value is -0.960. The fraction of sp³-hybridized carbons (Fsp3) is 0.500. The van der Waals surface area contributed by atoms with Gasteiger partial charge in [-0.3, -0.25) is 0 Å². The molecule has 1 aliphatic carbocycles. The van der Waals surface area contributed by atoms with E-state index in [-0.39, 0.29) is 0 Å². The number of carboxylic acid groups (broad SMARTS) is 1. The topological polar surface area (TPSA) is 37.3 Å². The van der Waals surface area contributed by atoms with Crippen molar-refractivity contribution in [2.75, 3.05) is 5.75 Å². The van der Waals surface area contributed by atoms with Gasteiger partial charge in [0.15, 0.2) is 0 Å². The SMILES string of the molecule is Cc1cc(SCC2CCCC2)ccc1C(=O)O. The van der Waals surface area contributed by atoms with Crippen LogP contribution in [-0.4, -0.2) is 16.8 Å². The molecule has 1 saturated carbocycles. The number of aryl methyl sites for hydroxylation is 1. The molecule has 1 fully saturated rings. The van der Waals surface area contributed by atoms with Gasteiger partial charge in [0, 0.05) is 10.6 Å². The Kier molecular flexibility index (Phi) is 4.11. The highest BCUT2D eigenvalue weighted by Crippen LogP contribution is 2.31. The van der Waals surface area contributed by atoms with Crippen LogP contribution in [0, 0.1) is 12.8 Å². The van der Waals surface area contributed by atoms with Crippen molar-refractivity contribution in [3.05, 3.63) is 29.3 Å². The van der Waals surface area contributed by atoms with Crippen molar-refractivity contribution in [1.29, 1.82) is 0 Å². The number of hydrogen-bond donors (Lipinski definition) is 1. The van der Waals surface area contributed by atoms with Crippen LogP contribution in [-0.2, 0) is 0 Å². The lowest BCUT2D eigenvalue weighted by atomic mass is 10.1. The van der Waals surface area contributed by atoms with Crippen LogP contribution in [0.25, 0.3) is 0 Å². The number of thioether (sulfide) groups is 1. The number of rotatable bonds is 4. The minimum absolute atomic E-state index is 0.412. The van der Waals surface area contributed by atoms with E-state index in [1.165, 1.54) is 36.3 Å². The molecule has 1 aromatic carbocycles. The summed E-state index contributed by atoms with van der Waals surface area (Å²) >= 11 is 1.86. The van der Waals surface area contributed by atoms with E-state index in [1.807, 2.05) is 30.8 Å². The average molecular weight is 250 g/mol. The highest BCUT2D eigenvalue weighted by atomic mass is 32.2. The van der Waals surface area contributed by atoms with Gasteiger partial charge in [-0.05, 0) is 49.4 Å². The molecule has 92 valence electrons. The van der Waals surface area contributed by atoms with E-state index >= 15 is 0 Å². The molecule has 3 heteroatoms. The van der Waals surface area contributed by atoms with Crippen molar-refractivity contribution in [1.82, 2.24) is 0 Å². The normalized spacial score (nSPS) is 16.3. The molecule has 1 aliphatic rings. The van der Waals surface area contributed by atoms with Gasteiger partial charge in [-0.2, -0.15) is 0 Å². The molecule has 0 aliphatic heterocycles. The summed E-state index contributed by atoms with van der Waals surface area (Å²) in [5.41, 5.74) is 1.27.